The molecule has 2 aromatic heterocycles. The largest absolute Gasteiger partial charge is 0.490 e. The fourth-order valence-electron chi connectivity index (χ4n) is 2.54. The number of carbonyl (C=O) groups is 1. The van der Waals surface area contributed by atoms with Gasteiger partial charge in [0.2, 0.25) is 0 Å². The number of rotatable bonds is 3. The summed E-state index contributed by atoms with van der Waals surface area (Å²) >= 11 is 0. The van der Waals surface area contributed by atoms with E-state index >= 15 is 0 Å². The van der Waals surface area contributed by atoms with Crippen molar-refractivity contribution in [1.29, 1.82) is 0 Å². The number of nitrogens with zero attached hydrogens (tertiary/aromatic N) is 2. The number of hydrogen-bond donors (Lipinski definition) is 2. The molecule has 0 unspecified atom stereocenters. The molecule has 0 bridgehead atoms. The van der Waals surface area contributed by atoms with Crippen LogP contribution < -0.4 is 4.74 Å². The Morgan fingerprint density at radius 3 is 2.89 bits per heavy atom. The first-order valence-electron chi connectivity index (χ1n) is 6.41. The van der Waals surface area contributed by atoms with Crippen molar-refractivity contribution >= 4 is 17.0 Å². The third-order valence-electron chi connectivity index (χ3n) is 3.63. The van der Waals surface area contributed by atoms with Crippen LogP contribution in [-0.4, -0.2) is 32.4 Å². The van der Waals surface area contributed by atoms with Crippen molar-refractivity contribution in [1.82, 2.24) is 15.2 Å². The SMILES string of the molecule is O=C(O)[C@H]1CC[C@H](Oc2ccnc3[nH]ncc23)CC1. The average molecular weight is 261 g/mol. The van der Waals surface area contributed by atoms with E-state index in [0.29, 0.717) is 18.5 Å². The zero-order valence-corrected chi connectivity index (χ0v) is 10.4. The maximum absolute atomic E-state index is 10.9. The zero-order valence-electron chi connectivity index (χ0n) is 10.4. The first-order chi connectivity index (χ1) is 9.24. The molecule has 2 heterocycles. The van der Waals surface area contributed by atoms with E-state index in [9.17, 15) is 4.79 Å². The molecule has 0 aliphatic heterocycles. The molecule has 1 fully saturated rings. The summed E-state index contributed by atoms with van der Waals surface area (Å²) in [6, 6.07) is 1.82. The molecule has 0 saturated heterocycles. The lowest BCUT2D eigenvalue weighted by Gasteiger charge is -2.26. The lowest BCUT2D eigenvalue weighted by molar-refractivity contribution is -0.143. The second-order valence-electron chi connectivity index (χ2n) is 4.87. The minimum Gasteiger partial charge on any atom is -0.490 e. The normalized spacial score (nSPS) is 23.4. The van der Waals surface area contributed by atoms with Crippen molar-refractivity contribution in [2.45, 2.75) is 31.8 Å². The quantitative estimate of drug-likeness (QED) is 0.882. The third kappa shape index (κ3) is 2.38. The fraction of sp³-hybridized carbons (Fsp3) is 0.462. The van der Waals surface area contributed by atoms with E-state index in [4.69, 9.17) is 9.84 Å². The third-order valence-corrected chi connectivity index (χ3v) is 3.63. The number of ether oxygens (including phenoxy) is 1. The molecule has 0 spiro atoms. The van der Waals surface area contributed by atoms with Gasteiger partial charge in [-0.25, -0.2) is 4.98 Å². The van der Waals surface area contributed by atoms with Crippen LogP contribution in [-0.2, 0) is 4.79 Å². The molecule has 2 N–H and O–H groups in total. The van der Waals surface area contributed by atoms with E-state index in [0.717, 1.165) is 24.0 Å². The van der Waals surface area contributed by atoms with E-state index in [-0.39, 0.29) is 12.0 Å². The van der Waals surface area contributed by atoms with Crippen LogP contribution in [0.4, 0.5) is 0 Å². The number of hydrogen-bond acceptors (Lipinski definition) is 4. The van der Waals surface area contributed by atoms with Gasteiger partial charge in [0, 0.05) is 6.20 Å². The highest BCUT2D eigenvalue weighted by Gasteiger charge is 2.27. The maximum atomic E-state index is 10.9. The monoisotopic (exact) mass is 261 g/mol. The number of fused-ring (bicyclic) bond motifs is 1. The summed E-state index contributed by atoms with van der Waals surface area (Å²) in [6.07, 6.45) is 6.37. The van der Waals surface area contributed by atoms with Crippen LogP contribution in [0.15, 0.2) is 18.5 Å². The molecule has 6 nitrogen and oxygen atoms in total. The maximum Gasteiger partial charge on any atom is 0.306 e. The van der Waals surface area contributed by atoms with Crippen molar-refractivity contribution in [2.24, 2.45) is 5.92 Å². The number of aromatic nitrogens is 3. The van der Waals surface area contributed by atoms with Crippen molar-refractivity contribution in [3.63, 3.8) is 0 Å². The molecule has 1 aliphatic carbocycles. The summed E-state index contributed by atoms with van der Waals surface area (Å²) in [5, 5.41) is 16.6. The van der Waals surface area contributed by atoms with Crippen LogP contribution in [0.5, 0.6) is 5.75 Å². The molecule has 100 valence electrons. The molecule has 0 amide bonds. The molecule has 3 rings (SSSR count). The highest BCUT2D eigenvalue weighted by molar-refractivity contribution is 5.80. The van der Waals surface area contributed by atoms with Gasteiger partial charge >= 0.3 is 5.97 Å². The van der Waals surface area contributed by atoms with Crippen LogP contribution in [0, 0.1) is 5.92 Å². The Morgan fingerprint density at radius 1 is 1.37 bits per heavy atom. The Bertz CT molecular complexity index is 588. The second-order valence-corrected chi connectivity index (χ2v) is 4.87. The molecule has 0 atom stereocenters. The van der Waals surface area contributed by atoms with Gasteiger partial charge in [0.15, 0.2) is 5.65 Å². The first kappa shape index (κ1) is 12.0. The second kappa shape index (κ2) is 4.87. The molecule has 1 saturated carbocycles. The molecule has 2 aromatic rings. The predicted molar refractivity (Wildman–Crippen MR) is 67.9 cm³/mol. The minimum absolute atomic E-state index is 0.0797. The van der Waals surface area contributed by atoms with Crippen LogP contribution in [0.25, 0.3) is 11.0 Å². The molecule has 0 aromatic carbocycles. The van der Waals surface area contributed by atoms with Gasteiger partial charge in [-0.2, -0.15) is 5.10 Å². The summed E-state index contributed by atoms with van der Waals surface area (Å²) in [6.45, 7) is 0. The highest BCUT2D eigenvalue weighted by Crippen LogP contribution is 2.30. The molecular weight excluding hydrogens is 246 g/mol. The van der Waals surface area contributed by atoms with Gasteiger partial charge in [-0.3, -0.25) is 9.89 Å². The molecule has 0 radical (unpaired) electrons. The minimum atomic E-state index is -0.695. The smallest absolute Gasteiger partial charge is 0.306 e. The number of nitrogens with one attached hydrogen (secondary N) is 1. The topological polar surface area (TPSA) is 88.1 Å². The number of aliphatic carboxylic acids is 1. The Hall–Kier alpha value is -2.11. The van der Waals surface area contributed by atoms with Crippen LogP contribution in [0.2, 0.25) is 0 Å². The Labute approximate surface area is 109 Å². The van der Waals surface area contributed by atoms with Crippen LogP contribution in [0.1, 0.15) is 25.7 Å². The Balaban J connectivity index is 1.69. The standard InChI is InChI=1S/C13H15N3O3/c17-13(18)8-1-3-9(4-2-8)19-11-5-6-14-12-10(11)7-15-16-12/h5-9H,1-4H2,(H,17,18)(H,14,15,16)/t8-,9-. The van der Waals surface area contributed by atoms with Gasteiger partial charge in [-0.15, -0.1) is 0 Å². The van der Waals surface area contributed by atoms with Crippen molar-refractivity contribution in [2.75, 3.05) is 0 Å². The van der Waals surface area contributed by atoms with E-state index in [2.05, 4.69) is 15.2 Å². The van der Waals surface area contributed by atoms with Gasteiger partial charge in [0.1, 0.15) is 5.75 Å². The first-order valence-corrected chi connectivity index (χ1v) is 6.41. The number of H-pyrrole nitrogens is 1. The average Bonchev–Trinajstić information content (AvgIpc) is 2.89. The predicted octanol–water partition coefficient (Wildman–Crippen LogP) is 1.98. The Morgan fingerprint density at radius 2 is 2.16 bits per heavy atom. The summed E-state index contributed by atoms with van der Waals surface area (Å²) < 4.78 is 5.96. The van der Waals surface area contributed by atoms with Gasteiger partial charge in [-0.05, 0) is 31.7 Å². The van der Waals surface area contributed by atoms with Gasteiger partial charge < -0.3 is 9.84 Å². The van der Waals surface area contributed by atoms with Crippen LogP contribution in [0.3, 0.4) is 0 Å². The van der Waals surface area contributed by atoms with Gasteiger partial charge in [0.05, 0.1) is 23.6 Å². The van der Waals surface area contributed by atoms with E-state index < -0.39 is 5.97 Å². The molecular formula is C13H15N3O3. The van der Waals surface area contributed by atoms with Crippen molar-refractivity contribution in [3.05, 3.63) is 18.5 Å². The van der Waals surface area contributed by atoms with E-state index in [1.807, 2.05) is 6.07 Å². The molecule has 19 heavy (non-hydrogen) atoms. The molecule has 6 heteroatoms. The van der Waals surface area contributed by atoms with Crippen molar-refractivity contribution < 1.29 is 14.6 Å². The summed E-state index contributed by atoms with van der Waals surface area (Å²) in [7, 11) is 0. The van der Waals surface area contributed by atoms with E-state index in [1.165, 1.54) is 0 Å². The number of carboxylic acids is 1. The van der Waals surface area contributed by atoms with Gasteiger partial charge in [0.25, 0.3) is 0 Å². The number of carboxylic acid groups (broad SMARTS) is 1. The highest BCUT2D eigenvalue weighted by atomic mass is 16.5. The summed E-state index contributed by atoms with van der Waals surface area (Å²) in [4.78, 5) is 15.1. The number of aromatic amines is 1. The molecule has 1 aliphatic rings. The lowest BCUT2D eigenvalue weighted by atomic mass is 9.87. The summed E-state index contributed by atoms with van der Waals surface area (Å²) in [5.74, 6) is -0.150. The van der Waals surface area contributed by atoms with Crippen molar-refractivity contribution in [3.8, 4) is 5.75 Å². The lowest BCUT2D eigenvalue weighted by Crippen LogP contribution is -2.27. The van der Waals surface area contributed by atoms with Gasteiger partial charge in [-0.1, -0.05) is 0 Å². The van der Waals surface area contributed by atoms with E-state index in [1.54, 1.807) is 12.4 Å². The van der Waals surface area contributed by atoms with Crippen LogP contribution >= 0.6 is 0 Å². The zero-order chi connectivity index (χ0) is 13.2. The summed E-state index contributed by atoms with van der Waals surface area (Å²) in [5.41, 5.74) is 0.705. The number of pyridine rings is 1. The fourth-order valence-corrected chi connectivity index (χ4v) is 2.54. The Kier molecular flexibility index (Phi) is 3.06.